The standard InChI is InChI=1S/C18H19ClF2N6O/c1-26(2)7-6-23-18-24-15-12(9-13(20)14(21)16(15)25-18)17(22)27(28)11-5-3-4-10(19)8-11/h3-5,8-9,22,28H,6-7H2,1-2H3,(H2,23,24,25). The molecule has 0 aliphatic carbocycles. The van der Waals surface area contributed by atoms with E-state index in [4.69, 9.17) is 17.0 Å². The van der Waals surface area contributed by atoms with Crippen LogP contribution in [0.15, 0.2) is 30.3 Å². The zero-order valence-corrected chi connectivity index (χ0v) is 16.0. The predicted octanol–water partition coefficient (Wildman–Crippen LogP) is 3.69. The van der Waals surface area contributed by atoms with E-state index < -0.39 is 17.5 Å². The maximum absolute atomic E-state index is 14.2. The van der Waals surface area contributed by atoms with E-state index in [2.05, 4.69) is 15.3 Å². The summed E-state index contributed by atoms with van der Waals surface area (Å²) in [7, 11) is 3.81. The molecule has 148 valence electrons. The number of rotatable bonds is 6. The van der Waals surface area contributed by atoms with Gasteiger partial charge in [-0.05, 0) is 38.4 Å². The van der Waals surface area contributed by atoms with Gasteiger partial charge < -0.3 is 15.2 Å². The van der Waals surface area contributed by atoms with Crippen molar-refractivity contribution < 1.29 is 14.0 Å². The van der Waals surface area contributed by atoms with Gasteiger partial charge in [-0.3, -0.25) is 10.6 Å². The van der Waals surface area contributed by atoms with Gasteiger partial charge in [-0.15, -0.1) is 0 Å². The van der Waals surface area contributed by atoms with Gasteiger partial charge in [0.2, 0.25) is 5.95 Å². The van der Waals surface area contributed by atoms with Crippen molar-refractivity contribution in [1.29, 1.82) is 5.41 Å². The second-order valence-corrected chi connectivity index (χ2v) is 6.84. The van der Waals surface area contributed by atoms with Crippen molar-refractivity contribution in [2.45, 2.75) is 0 Å². The first-order valence-electron chi connectivity index (χ1n) is 8.37. The maximum Gasteiger partial charge on any atom is 0.201 e. The molecule has 0 radical (unpaired) electrons. The van der Waals surface area contributed by atoms with Crippen LogP contribution in [0.3, 0.4) is 0 Å². The Morgan fingerprint density at radius 1 is 1.32 bits per heavy atom. The van der Waals surface area contributed by atoms with Crippen LogP contribution < -0.4 is 10.4 Å². The molecule has 10 heteroatoms. The quantitative estimate of drug-likeness (QED) is 0.284. The van der Waals surface area contributed by atoms with Gasteiger partial charge in [0.25, 0.3) is 0 Å². The van der Waals surface area contributed by atoms with Crippen LogP contribution in [0.5, 0.6) is 0 Å². The number of halogens is 3. The van der Waals surface area contributed by atoms with Gasteiger partial charge in [0.05, 0.1) is 11.2 Å². The molecule has 7 nitrogen and oxygen atoms in total. The minimum absolute atomic E-state index is 0.0514. The summed E-state index contributed by atoms with van der Waals surface area (Å²) in [5.41, 5.74) is -0.00677. The van der Waals surface area contributed by atoms with E-state index in [1.165, 1.54) is 12.1 Å². The number of aromatic amines is 1. The molecule has 0 aliphatic rings. The lowest BCUT2D eigenvalue weighted by Gasteiger charge is -2.18. The normalized spacial score (nSPS) is 11.2. The number of hydrogen-bond donors (Lipinski definition) is 4. The molecule has 0 unspecified atom stereocenters. The van der Waals surface area contributed by atoms with Crippen LogP contribution in [0.4, 0.5) is 20.4 Å². The highest BCUT2D eigenvalue weighted by Crippen LogP contribution is 2.27. The van der Waals surface area contributed by atoms with Crippen LogP contribution in [0.2, 0.25) is 5.02 Å². The van der Waals surface area contributed by atoms with Crippen molar-refractivity contribution in [2.24, 2.45) is 0 Å². The molecule has 3 aromatic rings. The van der Waals surface area contributed by atoms with E-state index in [1.54, 1.807) is 12.1 Å². The molecule has 3 rings (SSSR count). The molecule has 1 aromatic heterocycles. The predicted molar refractivity (Wildman–Crippen MR) is 106 cm³/mol. The van der Waals surface area contributed by atoms with E-state index in [-0.39, 0.29) is 28.2 Å². The molecular formula is C18H19ClF2N6O. The molecule has 0 aliphatic heterocycles. The fourth-order valence-corrected chi connectivity index (χ4v) is 2.81. The average Bonchev–Trinajstić information content (AvgIpc) is 3.07. The Morgan fingerprint density at radius 3 is 2.75 bits per heavy atom. The lowest BCUT2D eigenvalue weighted by atomic mass is 10.1. The summed E-state index contributed by atoms with van der Waals surface area (Å²) in [4.78, 5) is 8.84. The molecule has 0 saturated heterocycles. The summed E-state index contributed by atoms with van der Waals surface area (Å²) in [6.45, 7) is 1.23. The third kappa shape index (κ3) is 4.06. The van der Waals surface area contributed by atoms with Gasteiger partial charge in [-0.2, -0.15) is 0 Å². The number of nitrogens with one attached hydrogen (secondary N) is 3. The van der Waals surface area contributed by atoms with Crippen LogP contribution in [0, 0.1) is 17.0 Å². The Hall–Kier alpha value is -2.75. The summed E-state index contributed by atoms with van der Waals surface area (Å²) in [5.74, 6) is -2.52. The summed E-state index contributed by atoms with van der Waals surface area (Å²) >= 11 is 5.91. The number of H-pyrrole nitrogens is 1. The van der Waals surface area contributed by atoms with Crippen molar-refractivity contribution in [2.75, 3.05) is 37.6 Å². The number of aromatic nitrogens is 2. The van der Waals surface area contributed by atoms with Crippen molar-refractivity contribution in [3.63, 3.8) is 0 Å². The van der Waals surface area contributed by atoms with Crippen LogP contribution >= 0.6 is 11.6 Å². The average molecular weight is 409 g/mol. The third-order valence-electron chi connectivity index (χ3n) is 4.03. The van der Waals surface area contributed by atoms with Crippen LogP contribution in [0.1, 0.15) is 5.56 Å². The number of fused-ring (bicyclic) bond motifs is 1. The second kappa shape index (κ2) is 8.09. The van der Waals surface area contributed by atoms with Gasteiger partial charge in [0.1, 0.15) is 5.52 Å². The lowest BCUT2D eigenvalue weighted by molar-refractivity contribution is 0.312. The Kier molecular flexibility index (Phi) is 5.78. The highest BCUT2D eigenvalue weighted by molar-refractivity contribution is 6.31. The lowest BCUT2D eigenvalue weighted by Crippen LogP contribution is -2.27. The van der Waals surface area contributed by atoms with Gasteiger partial charge in [-0.1, -0.05) is 17.7 Å². The summed E-state index contributed by atoms with van der Waals surface area (Å²) in [6, 6.07) is 7.01. The minimum Gasteiger partial charge on any atom is -0.355 e. The fourth-order valence-electron chi connectivity index (χ4n) is 2.62. The number of hydroxylamine groups is 1. The maximum atomic E-state index is 14.2. The smallest absolute Gasteiger partial charge is 0.201 e. The highest BCUT2D eigenvalue weighted by Gasteiger charge is 2.22. The zero-order valence-electron chi connectivity index (χ0n) is 15.2. The van der Waals surface area contributed by atoms with E-state index in [0.29, 0.717) is 23.2 Å². The summed E-state index contributed by atoms with van der Waals surface area (Å²) in [5, 5.41) is 22.5. The van der Waals surface area contributed by atoms with Gasteiger partial charge in [0, 0.05) is 23.7 Å². The number of benzene rings is 2. The molecule has 0 atom stereocenters. The summed E-state index contributed by atoms with van der Waals surface area (Å²) in [6.07, 6.45) is 0. The number of hydrogen-bond acceptors (Lipinski definition) is 5. The molecule has 1 heterocycles. The Morgan fingerprint density at radius 2 is 2.07 bits per heavy atom. The molecule has 0 spiro atoms. The molecule has 0 amide bonds. The summed E-state index contributed by atoms with van der Waals surface area (Å²) < 4.78 is 28.3. The first-order chi connectivity index (χ1) is 13.3. The van der Waals surface area contributed by atoms with Gasteiger partial charge in [-0.25, -0.2) is 18.8 Å². The van der Waals surface area contributed by atoms with Crippen molar-refractivity contribution >= 4 is 40.1 Å². The topological polar surface area (TPSA) is 91.3 Å². The number of anilines is 2. The third-order valence-corrected chi connectivity index (χ3v) is 4.27. The second-order valence-electron chi connectivity index (χ2n) is 6.40. The molecule has 28 heavy (non-hydrogen) atoms. The van der Waals surface area contributed by atoms with E-state index >= 15 is 0 Å². The first-order valence-corrected chi connectivity index (χ1v) is 8.75. The Balaban J connectivity index is 1.98. The number of nitrogens with zero attached hydrogens (tertiary/aromatic N) is 3. The molecule has 4 N–H and O–H groups in total. The van der Waals surface area contributed by atoms with Crippen molar-refractivity contribution in [3.8, 4) is 0 Å². The molecule has 0 bridgehead atoms. The molecule has 0 fully saturated rings. The van der Waals surface area contributed by atoms with Gasteiger partial charge in [0.15, 0.2) is 17.5 Å². The van der Waals surface area contributed by atoms with Crippen LogP contribution in [-0.4, -0.2) is 53.1 Å². The molecule has 2 aromatic carbocycles. The highest BCUT2D eigenvalue weighted by atomic mass is 35.5. The minimum atomic E-state index is -1.17. The first kappa shape index (κ1) is 20.0. The number of likely N-dealkylation sites (N-methyl/N-ethyl adjacent to an activating group) is 1. The van der Waals surface area contributed by atoms with E-state index in [9.17, 15) is 14.0 Å². The SMILES string of the molecule is CN(C)CCNc1nc2c(F)c(F)cc(C(=N)N(O)c3cccc(Cl)c3)c2[nH]1. The van der Waals surface area contributed by atoms with E-state index in [1.807, 2.05) is 19.0 Å². The van der Waals surface area contributed by atoms with E-state index in [0.717, 1.165) is 6.07 Å². The largest absolute Gasteiger partial charge is 0.355 e. The van der Waals surface area contributed by atoms with Crippen LogP contribution in [-0.2, 0) is 0 Å². The molecular weight excluding hydrogens is 390 g/mol. The molecule has 0 saturated carbocycles. The number of amidine groups is 1. The zero-order chi connectivity index (χ0) is 20.4. The van der Waals surface area contributed by atoms with Crippen LogP contribution in [0.25, 0.3) is 11.0 Å². The van der Waals surface area contributed by atoms with Crippen molar-refractivity contribution in [3.05, 3.63) is 52.6 Å². The monoisotopic (exact) mass is 408 g/mol. The number of imidazole rings is 1. The Labute approximate surface area is 165 Å². The fraction of sp³-hybridized carbons (Fsp3) is 0.222. The Bertz CT molecular complexity index is 1020. The van der Waals surface area contributed by atoms with Crippen molar-refractivity contribution in [1.82, 2.24) is 14.9 Å². The van der Waals surface area contributed by atoms with Gasteiger partial charge >= 0.3 is 0 Å².